The molecular weight excluding hydrogens is 420 g/mol. The van der Waals surface area contributed by atoms with Gasteiger partial charge >= 0.3 is 0 Å². The van der Waals surface area contributed by atoms with Crippen LogP contribution in [0.1, 0.15) is 126 Å². The normalized spacial score (nSPS) is 13.8. The Labute approximate surface area is 215 Å². The van der Waals surface area contributed by atoms with Gasteiger partial charge in [-0.05, 0) is 71.8 Å². The van der Waals surface area contributed by atoms with Gasteiger partial charge in [-0.25, -0.2) is 0 Å². The minimum atomic E-state index is 0.185. The fourth-order valence-corrected chi connectivity index (χ4v) is 6.55. The molecule has 0 spiro atoms. The summed E-state index contributed by atoms with van der Waals surface area (Å²) < 4.78 is 0. The molecule has 0 N–H and O–H groups in total. The highest BCUT2D eigenvalue weighted by molar-refractivity contribution is 5.94. The zero-order valence-corrected chi connectivity index (χ0v) is 23.0. The molecule has 35 heavy (non-hydrogen) atoms. The van der Waals surface area contributed by atoms with Crippen LogP contribution in [0.4, 0.5) is 0 Å². The molecule has 0 saturated heterocycles. The SMILES string of the molecule is CCCCCCCCC1(CCCCCCCC)c2cc(C)ccc2-c2cc3ccc(C)cc3cc21. The summed E-state index contributed by atoms with van der Waals surface area (Å²) >= 11 is 0. The standard InChI is InChI=1S/C35H48/c1-5-7-9-11-13-15-21-35(22-16-14-12-10-8-6-2)33-24-28(4)18-20-31(33)32-25-29-19-17-27(3)23-30(29)26-34(32)35/h17-20,23-26H,5-16,21-22H2,1-4H3. The molecule has 0 fully saturated rings. The molecule has 3 aromatic rings. The Kier molecular flexibility index (Phi) is 9.10. The van der Waals surface area contributed by atoms with Gasteiger partial charge in [0.05, 0.1) is 0 Å². The van der Waals surface area contributed by atoms with Crippen molar-refractivity contribution in [2.45, 2.75) is 123 Å². The van der Waals surface area contributed by atoms with Crippen LogP contribution in [-0.4, -0.2) is 0 Å². The van der Waals surface area contributed by atoms with E-state index in [1.807, 2.05) is 0 Å². The van der Waals surface area contributed by atoms with Crippen molar-refractivity contribution in [3.63, 3.8) is 0 Å². The Morgan fingerprint density at radius 2 is 1.03 bits per heavy atom. The number of rotatable bonds is 14. The van der Waals surface area contributed by atoms with Gasteiger partial charge in [-0.3, -0.25) is 0 Å². The van der Waals surface area contributed by atoms with E-state index < -0.39 is 0 Å². The number of hydrogen-bond acceptors (Lipinski definition) is 0. The Hall–Kier alpha value is -2.08. The minimum Gasteiger partial charge on any atom is -0.0654 e. The van der Waals surface area contributed by atoms with Crippen molar-refractivity contribution in [2.24, 2.45) is 0 Å². The predicted octanol–water partition coefficient (Wildman–Crippen LogP) is 11.2. The molecule has 0 atom stereocenters. The van der Waals surface area contributed by atoms with E-state index in [0.717, 1.165) is 0 Å². The quantitative estimate of drug-likeness (QED) is 0.206. The first kappa shape index (κ1) is 26.0. The second kappa shape index (κ2) is 12.2. The van der Waals surface area contributed by atoms with Crippen LogP contribution in [0.3, 0.4) is 0 Å². The number of benzene rings is 3. The van der Waals surface area contributed by atoms with Crippen molar-refractivity contribution in [3.8, 4) is 11.1 Å². The van der Waals surface area contributed by atoms with Crippen LogP contribution >= 0.6 is 0 Å². The first-order valence-electron chi connectivity index (χ1n) is 14.8. The van der Waals surface area contributed by atoms with Gasteiger partial charge in [0.1, 0.15) is 0 Å². The van der Waals surface area contributed by atoms with Crippen LogP contribution in [0.5, 0.6) is 0 Å². The molecule has 4 rings (SSSR count). The lowest BCUT2D eigenvalue weighted by molar-refractivity contribution is 0.398. The van der Waals surface area contributed by atoms with Gasteiger partial charge < -0.3 is 0 Å². The summed E-state index contributed by atoms with van der Waals surface area (Å²) in [4.78, 5) is 0. The highest BCUT2D eigenvalue weighted by Gasteiger charge is 2.42. The van der Waals surface area contributed by atoms with Crippen LogP contribution in [0.25, 0.3) is 21.9 Å². The van der Waals surface area contributed by atoms with Crippen molar-refractivity contribution >= 4 is 10.8 Å². The smallest absolute Gasteiger partial charge is 0.0215 e. The van der Waals surface area contributed by atoms with E-state index in [0.29, 0.717) is 0 Å². The van der Waals surface area contributed by atoms with E-state index in [1.54, 1.807) is 11.1 Å². The number of aryl methyl sites for hydroxylation is 2. The molecule has 0 aliphatic heterocycles. The van der Waals surface area contributed by atoms with Crippen LogP contribution < -0.4 is 0 Å². The first-order chi connectivity index (χ1) is 17.1. The second-order valence-electron chi connectivity index (χ2n) is 11.4. The maximum absolute atomic E-state index is 2.58. The fraction of sp³-hybridized carbons (Fsp3) is 0.543. The maximum atomic E-state index is 2.58. The molecule has 0 saturated carbocycles. The van der Waals surface area contributed by atoms with Gasteiger partial charge in [-0.15, -0.1) is 0 Å². The average Bonchev–Trinajstić information content (AvgIpc) is 3.10. The highest BCUT2D eigenvalue weighted by Crippen LogP contribution is 2.55. The molecule has 0 heteroatoms. The third-order valence-corrected chi connectivity index (χ3v) is 8.54. The summed E-state index contributed by atoms with van der Waals surface area (Å²) in [6, 6.07) is 19.4. The number of unbranched alkanes of at least 4 members (excludes halogenated alkanes) is 10. The topological polar surface area (TPSA) is 0 Å². The summed E-state index contributed by atoms with van der Waals surface area (Å²) in [5.41, 5.74) is 9.22. The van der Waals surface area contributed by atoms with Crippen molar-refractivity contribution in [3.05, 3.63) is 70.8 Å². The van der Waals surface area contributed by atoms with E-state index in [4.69, 9.17) is 0 Å². The van der Waals surface area contributed by atoms with E-state index in [1.165, 1.54) is 123 Å². The molecule has 0 unspecified atom stereocenters. The summed E-state index contributed by atoms with van der Waals surface area (Å²) in [5.74, 6) is 0. The van der Waals surface area contributed by atoms with Crippen molar-refractivity contribution in [2.75, 3.05) is 0 Å². The fourth-order valence-electron chi connectivity index (χ4n) is 6.55. The van der Waals surface area contributed by atoms with Crippen molar-refractivity contribution < 1.29 is 0 Å². The lowest BCUT2D eigenvalue weighted by atomic mass is 9.70. The summed E-state index contributed by atoms with van der Waals surface area (Å²) in [6.45, 7) is 9.14. The molecule has 0 nitrogen and oxygen atoms in total. The molecule has 1 aliphatic carbocycles. The monoisotopic (exact) mass is 468 g/mol. The molecule has 0 aromatic heterocycles. The molecule has 1 aliphatic rings. The van der Waals surface area contributed by atoms with Gasteiger partial charge in [0, 0.05) is 5.41 Å². The Morgan fingerprint density at radius 3 is 1.69 bits per heavy atom. The van der Waals surface area contributed by atoms with Crippen LogP contribution in [-0.2, 0) is 5.41 Å². The Bertz CT molecular complexity index is 1090. The Morgan fingerprint density at radius 1 is 0.486 bits per heavy atom. The Balaban J connectivity index is 1.70. The first-order valence-corrected chi connectivity index (χ1v) is 14.8. The molecule has 0 bridgehead atoms. The average molecular weight is 469 g/mol. The molecule has 3 aromatic carbocycles. The third kappa shape index (κ3) is 5.84. The summed E-state index contributed by atoms with van der Waals surface area (Å²) in [6.07, 6.45) is 19.1. The molecule has 0 amide bonds. The van der Waals surface area contributed by atoms with Crippen LogP contribution in [0.2, 0.25) is 0 Å². The number of hydrogen-bond donors (Lipinski definition) is 0. The van der Waals surface area contributed by atoms with E-state index in [-0.39, 0.29) is 5.41 Å². The summed E-state index contributed by atoms with van der Waals surface area (Å²) in [5, 5.41) is 2.80. The van der Waals surface area contributed by atoms with E-state index in [2.05, 4.69) is 76.2 Å². The predicted molar refractivity (Wildman–Crippen MR) is 156 cm³/mol. The van der Waals surface area contributed by atoms with E-state index in [9.17, 15) is 0 Å². The largest absolute Gasteiger partial charge is 0.0654 e. The molecule has 188 valence electrons. The van der Waals surface area contributed by atoms with Crippen molar-refractivity contribution in [1.29, 1.82) is 0 Å². The minimum absolute atomic E-state index is 0.185. The van der Waals surface area contributed by atoms with Gasteiger partial charge in [0.15, 0.2) is 0 Å². The second-order valence-corrected chi connectivity index (χ2v) is 11.4. The van der Waals surface area contributed by atoms with Gasteiger partial charge in [0.25, 0.3) is 0 Å². The highest BCUT2D eigenvalue weighted by atomic mass is 14.4. The third-order valence-electron chi connectivity index (χ3n) is 8.54. The number of fused-ring (bicyclic) bond motifs is 4. The van der Waals surface area contributed by atoms with Crippen molar-refractivity contribution in [1.82, 2.24) is 0 Å². The van der Waals surface area contributed by atoms with Crippen LogP contribution in [0, 0.1) is 13.8 Å². The zero-order chi connectivity index (χ0) is 24.7. The lowest BCUT2D eigenvalue weighted by Crippen LogP contribution is -2.25. The van der Waals surface area contributed by atoms with Gasteiger partial charge in [-0.2, -0.15) is 0 Å². The summed E-state index contributed by atoms with van der Waals surface area (Å²) in [7, 11) is 0. The van der Waals surface area contributed by atoms with Gasteiger partial charge in [0.2, 0.25) is 0 Å². The molecule has 0 radical (unpaired) electrons. The lowest BCUT2D eigenvalue weighted by Gasteiger charge is -2.33. The molecular formula is C35H48. The zero-order valence-electron chi connectivity index (χ0n) is 23.0. The maximum Gasteiger partial charge on any atom is 0.0215 e. The van der Waals surface area contributed by atoms with Crippen LogP contribution in [0.15, 0.2) is 48.5 Å². The molecule has 0 heterocycles. The van der Waals surface area contributed by atoms with Gasteiger partial charge in [-0.1, -0.05) is 138 Å². The van der Waals surface area contributed by atoms with E-state index >= 15 is 0 Å².